The number of ketones is 1. The van der Waals surface area contributed by atoms with E-state index < -0.39 is 83.7 Å². The third-order valence-corrected chi connectivity index (χ3v) is 11.1. The molecule has 1 spiro atoms. The minimum Gasteiger partial charge on any atom is -0.480 e. The van der Waals surface area contributed by atoms with Gasteiger partial charge in [0.15, 0.2) is 11.7 Å². The van der Waals surface area contributed by atoms with Crippen molar-refractivity contribution in [2.24, 2.45) is 22.6 Å². The summed E-state index contributed by atoms with van der Waals surface area (Å²) in [5.41, 5.74) is 18.7. The van der Waals surface area contributed by atoms with E-state index in [2.05, 4.69) is 39.2 Å². The first kappa shape index (κ1) is 43.0. The maximum absolute atomic E-state index is 13.2. The number of carboxylic acid groups (broad SMARTS) is 1. The lowest BCUT2D eigenvalue weighted by atomic mass is 9.67. The number of aliphatic hydroxyl groups is 1. The summed E-state index contributed by atoms with van der Waals surface area (Å²) in [5, 5.41) is 39.5. The Morgan fingerprint density at radius 2 is 1.64 bits per heavy atom. The van der Waals surface area contributed by atoms with Crippen LogP contribution in [0, 0.1) is 10.8 Å². The number of primary amides is 1. The van der Waals surface area contributed by atoms with E-state index in [1.807, 2.05) is 13.8 Å². The Balaban J connectivity index is 1.56. The summed E-state index contributed by atoms with van der Waals surface area (Å²) in [5.74, 6) is -5.92. The van der Waals surface area contributed by atoms with Crippen LogP contribution in [0.15, 0.2) is 33.9 Å². The van der Waals surface area contributed by atoms with Gasteiger partial charge in [-0.3, -0.25) is 34.2 Å². The summed E-state index contributed by atoms with van der Waals surface area (Å²) < 4.78 is 0. The van der Waals surface area contributed by atoms with E-state index in [0.29, 0.717) is 24.2 Å². The highest BCUT2D eigenvalue weighted by Gasteiger charge is 2.65. The van der Waals surface area contributed by atoms with Gasteiger partial charge in [-0.15, -0.1) is 0 Å². The number of fused-ring (bicyclic) bond motifs is 1. The molecule has 5 atom stereocenters. The number of thioether (sulfide) groups is 1. The quantitative estimate of drug-likeness (QED) is 0.0263. The number of carbonyl (C=O) groups is 7. The van der Waals surface area contributed by atoms with Crippen LogP contribution in [-0.2, 0) is 33.6 Å². The van der Waals surface area contributed by atoms with E-state index in [0.717, 1.165) is 22.3 Å². The number of carboxylic acids is 1. The monoisotopic (exact) mass is 779 g/mol. The molecule has 5 amide bonds. The summed E-state index contributed by atoms with van der Waals surface area (Å²) in [4.78, 5) is 87.9. The maximum atomic E-state index is 13.2. The summed E-state index contributed by atoms with van der Waals surface area (Å²) in [6.45, 7) is 4.89. The second-order valence-electron chi connectivity index (χ2n) is 13.5. The molecule has 3 aliphatic carbocycles. The fourth-order valence-electron chi connectivity index (χ4n) is 6.44. The van der Waals surface area contributed by atoms with Gasteiger partial charge in [-0.1, -0.05) is 5.57 Å². The van der Waals surface area contributed by atoms with Gasteiger partial charge in [0, 0.05) is 34.8 Å². The molecule has 3 aliphatic rings. The second-order valence-corrected chi connectivity index (χ2v) is 14.9. The van der Waals surface area contributed by atoms with Crippen LogP contribution in [0.5, 0.6) is 0 Å². The van der Waals surface area contributed by atoms with Crippen LogP contribution >= 0.6 is 24.4 Å². The normalized spacial score (nSPS) is 20.7. The van der Waals surface area contributed by atoms with Gasteiger partial charge in [0.25, 0.3) is 0 Å². The largest absolute Gasteiger partial charge is 0.480 e. The second kappa shape index (κ2) is 18.1. The van der Waals surface area contributed by atoms with E-state index in [4.69, 9.17) is 22.6 Å². The summed E-state index contributed by atoms with van der Waals surface area (Å²) >= 11 is 5.25. The third-order valence-electron chi connectivity index (χ3n) is 9.65. The van der Waals surface area contributed by atoms with Crippen LogP contribution in [0.3, 0.4) is 0 Å². The zero-order chi connectivity index (χ0) is 39.8. The maximum Gasteiger partial charge on any atom is 0.327 e. The van der Waals surface area contributed by atoms with Crippen molar-refractivity contribution in [1.82, 2.24) is 26.6 Å². The summed E-state index contributed by atoms with van der Waals surface area (Å²) in [6, 6.07) is -5.18. The molecular weight excluding hydrogens is 731 g/mol. The molecule has 0 aromatic heterocycles. The lowest BCUT2D eigenvalue weighted by Crippen LogP contribution is -2.56. The van der Waals surface area contributed by atoms with Crippen molar-refractivity contribution in [2.75, 3.05) is 30.3 Å². The Bertz CT molecular complexity index is 1640. The molecule has 0 unspecified atom stereocenters. The minimum atomic E-state index is -1.48. The number of Topliss-reactive ketones (excluding diaryl/α,β-unsaturated/α-hetero) is 1. The van der Waals surface area contributed by atoms with Crippen molar-refractivity contribution in [1.29, 1.82) is 5.41 Å². The van der Waals surface area contributed by atoms with E-state index in [9.17, 15) is 43.8 Å². The number of rotatable bonds is 20. The highest BCUT2D eigenvalue weighted by Crippen LogP contribution is 2.65. The Kier molecular flexibility index (Phi) is 14.7. The molecule has 0 radical (unpaired) electrons. The van der Waals surface area contributed by atoms with Crippen LogP contribution in [-0.4, -0.2) is 118 Å². The number of allylic oxidation sites excluding steroid dienone is 3. The molecule has 0 aromatic rings. The minimum absolute atomic E-state index is 0.00764. The van der Waals surface area contributed by atoms with Crippen LogP contribution in [0.2, 0.25) is 0 Å². The van der Waals surface area contributed by atoms with Crippen LogP contribution in [0.25, 0.3) is 0 Å². The van der Waals surface area contributed by atoms with Gasteiger partial charge in [0.2, 0.25) is 29.5 Å². The Hall–Kier alpha value is -4.40. The number of hydrogen-bond donors (Lipinski definition) is 12. The van der Waals surface area contributed by atoms with Gasteiger partial charge in [-0.25, -0.2) is 4.79 Å². The smallest absolute Gasteiger partial charge is 0.327 e. The van der Waals surface area contributed by atoms with Gasteiger partial charge in [0.1, 0.15) is 23.7 Å². The topological polar surface area (TPSA) is 322 Å². The molecule has 292 valence electrons. The molecule has 1 saturated carbocycles. The number of carbonyl (C=O) groups excluding carboxylic acids is 6. The predicted octanol–water partition coefficient (Wildman–Crippen LogP) is -2.54. The zero-order valence-corrected chi connectivity index (χ0v) is 31.5. The number of nitrogens with one attached hydrogen (secondary N) is 6. The molecule has 0 saturated heterocycles. The standard InChI is InChI=1S/C33H49N9O9S2/c1-15-9-17-25(16(2)33(6-7-33)32(3,51)26(17)45)18(15)13-53-14-19(34)27(46)41-21(10-23(35)43)28(47)39-11-24(44)40-20(5-4-8-38-31(36)37)29(48)42-22(12-52)30(49)50/h9,19-22,51-52H,4-8,10-14,34H2,1-3H3,(H2,35,43)(H,39,47)(H,40,44)(H,41,46)(H,42,48)(H,49,50)(H4,36,37,38)/t19-,20-,21-,22-,32-/m0/s1. The molecule has 20 heteroatoms. The van der Waals surface area contributed by atoms with Crippen molar-refractivity contribution in [2.45, 2.75) is 82.6 Å². The Morgan fingerprint density at radius 1 is 1.00 bits per heavy atom. The van der Waals surface area contributed by atoms with Crippen molar-refractivity contribution >= 4 is 71.6 Å². The highest BCUT2D eigenvalue weighted by molar-refractivity contribution is 7.99. The third kappa shape index (κ3) is 10.4. The van der Waals surface area contributed by atoms with E-state index >= 15 is 0 Å². The number of hydrogen-bond acceptors (Lipinski definition) is 12. The zero-order valence-electron chi connectivity index (χ0n) is 29.8. The number of thiol groups is 1. The summed E-state index contributed by atoms with van der Waals surface area (Å²) in [7, 11) is 0. The van der Waals surface area contributed by atoms with Crippen LogP contribution < -0.4 is 43.8 Å². The first-order valence-corrected chi connectivity index (χ1v) is 18.7. The highest BCUT2D eigenvalue weighted by atomic mass is 32.2. The number of guanidine groups is 1. The SMILES string of the molecule is CC1=C(CSC[C@H](N)C(=O)N[C@@H](CC(N)=O)C(=O)NCC(=O)N[C@@H](CCCNC(=N)N)C(=O)N[C@@H](CS)C(=O)O)C2=C(C)C3(CC3)[C@@](C)(O)C(=O)C2=C1. The Labute approximate surface area is 316 Å². The lowest BCUT2D eigenvalue weighted by molar-refractivity contribution is -0.141. The van der Waals surface area contributed by atoms with E-state index in [1.54, 1.807) is 13.0 Å². The lowest BCUT2D eigenvalue weighted by Gasteiger charge is -2.39. The predicted molar refractivity (Wildman–Crippen MR) is 199 cm³/mol. The van der Waals surface area contributed by atoms with Crippen LogP contribution in [0.4, 0.5) is 0 Å². The number of aliphatic carboxylic acids is 1. The number of nitrogens with two attached hydrogens (primary N) is 3. The average molecular weight is 780 g/mol. The van der Waals surface area contributed by atoms with Crippen molar-refractivity contribution < 1.29 is 43.8 Å². The molecule has 0 aliphatic heterocycles. The van der Waals surface area contributed by atoms with Gasteiger partial charge in [-0.05, 0) is 69.2 Å². The van der Waals surface area contributed by atoms with Crippen molar-refractivity contribution in [3.63, 3.8) is 0 Å². The van der Waals surface area contributed by atoms with Gasteiger partial charge >= 0.3 is 5.97 Å². The van der Waals surface area contributed by atoms with E-state index in [-0.39, 0.29) is 42.6 Å². The summed E-state index contributed by atoms with van der Waals surface area (Å²) in [6.07, 6.45) is 2.85. The molecule has 53 heavy (non-hydrogen) atoms. The Morgan fingerprint density at radius 3 is 2.21 bits per heavy atom. The van der Waals surface area contributed by atoms with Gasteiger partial charge in [0.05, 0.1) is 19.0 Å². The molecule has 0 heterocycles. The molecule has 0 bridgehead atoms. The van der Waals surface area contributed by atoms with Crippen LogP contribution in [0.1, 0.15) is 52.9 Å². The molecule has 14 N–H and O–H groups in total. The average Bonchev–Trinajstić information content (AvgIpc) is 3.84. The van der Waals surface area contributed by atoms with Gasteiger partial charge in [-0.2, -0.15) is 24.4 Å². The molecule has 3 rings (SSSR count). The molecule has 18 nitrogen and oxygen atoms in total. The first-order valence-electron chi connectivity index (χ1n) is 16.9. The van der Waals surface area contributed by atoms with Gasteiger partial charge < -0.3 is 54.0 Å². The fraction of sp³-hybridized carbons (Fsp3) is 0.576. The fourth-order valence-corrected chi connectivity index (χ4v) is 7.79. The van der Waals surface area contributed by atoms with Crippen molar-refractivity contribution in [3.8, 4) is 0 Å². The number of amides is 5. The first-order chi connectivity index (χ1) is 24.8. The van der Waals surface area contributed by atoms with Crippen molar-refractivity contribution in [3.05, 3.63) is 33.9 Å². The molecule has 1 fully saturated rings. The molecular formula is C33H49N9O9S2. The molecule has 0 aromatic carbocycles. The van der Waals surface area contributed by atoms with E-state index in [1.165, 1.54) is 11.8 Å².